The van der Waals surface area contributed by atoms with Gasteiger partial charge >= 0.3 is 0 Å². The Bertz CT molecular complexity index is 1810. The Morgan fingerprint density at radius 3 is 2.26 bits per heavy atom. The maximum Gasteiger partial charge on any atom is 0.264 e. The summed E-state index contributed by atoms with van der Waals surface area (Å²) < 4.78 is 28.4. The minimum absolute atomic E-state index is 0.163. The molecule has 2 heterocycles. The largest absolute Gasteiger partial charge is 0.298 e. The summed E-state index contributed by atoms with van der Waals surface area (Å²) in [6.45, 7) is 2.56. The highest BCUT2D eigenvalue weighted by atomic mass is 32.2. The summed E-state index contributed by atoms with van der Waals surface area (Å²) in [7, 11) is -3.75. The molecule has 0 spiro atoms. The monoisotopic (exact) mass is 593 g/mol. The molecule has 1 aromatic heterocycles. The lowest BCUT2D eigenvalue weighted by Gasteiger charge is -2.30. The van der Waals surface area contributed by atoms with Crippen molar-refractivity contribution in [2.45, 2.75) is 37.5 Å². The maximum atomic E-state index is 13.5. The van der Waals surface area contributed by atoms with Crippen molar-refractivity contribution in [2.75, 3.05) is 16.2 Å². The Labute approximate surface area is 250 Å². The molecule has 6 rings (SSSR count). The average Bonchev–Trinajstić information content (AvgIpc) is 3.43. The van der Waals surface area contributed by atoms with Gasteiger partial charge in [-0.1, -0.05) is 86.1 Å². The van der Waals surface area contributed by atoms with Crippen LogP contribution in [-0.2, 0) is 22.9 Å². The Kier molecular flexibility index (Phi) is 7.91. The number of nitrogens with zero attached hydrogens (tertiary/aromatic N) is 2. The average molecular weight is 594 g/mol. The van der Waals surface area contributed by atoms with Gasteiger partial charge in [0.05, 0.1) is 16.3 Å². The van der Waals surface area contributed by atoms with E-state index in [0.717, 1.165) is 64.2 Å². The van der Waals surface area contributed by atoms with Gasteiger partial charge < -0.3 is 0 Å². The molecule has 1 amide bonds. The Hall–Kier alpha value is -4.27. The molecule has 1 N–H and O–H groups in total. The van der Waals surface area contributed by atoms with Gasteiger partial charge in [-0.25, -0.2) is 13.4 Å². The number of carbonyl (C=O) groups is 1. The second-order valence-electron chi connectivity index (χ2n) is 10.3. The van der Waals surface area contributed by atoms with Gasteiger partial charge in [-0.15, -0.1) is 11.3 Å². The lowest BCUT2D eigenvalue weighted by Crippen LogP contribution is -2.35. The third kappa shape index (κ3) is 5.60. The second kappa shape index (κ2) is 11.9. The van der Waals surface area contributed by atoms with Crippen molar-refractivity contribution in [2.24, 2.45) is 0 Å². The third-order valence-electron chi connectivity index (χ3n) is 7.43. The second-order valence-corrected chi connectivity index (χ2v) is 13.2. The summed E-state index contributed by atoms with van der Waals surface area (Å²) >= 11 is 1.48. The summed E-state index contributed by atoms with van der Waals surface area (Å²) in [6.07, 6.45) is 3.44. The van der Waals surface area contributed by atoms with E-state index in [4.69, 9.17) is 4.98 Å². The number of nitrogens with one attached hydrogen (secondary N) is 1. The lowest BCUT2D eigenvalue weighted by molar-refractivity contribution is 0.102. The summed E-state index contributed by atoms with van der Waals surface area (Å²) in [5.74, 6) is -0.329. The van der Waals surface area contributed by atoms with E-state index >= 15 is 0 Å². The van der Waals surface area contributed by atoms with Crippen molar-refractivity contribution in [3.8, 4) is 22.4 Å². The van der Waals surface area contributed by atoms with Crippen LogP contribution in [0.3, 0.4) is 0 Å². The number of thiazole rings is 1. The van der Waals surface area contributed by atoms with Crippen LogP contribution in [0.15, 0.2) is 108 Å². The third-order valence-corrected chi connectivity index (χ3v) is 10.3. The number of sulfonamides is 1. The number of amides is 1. The van der Waals surface area contributed by atoms with Gasteiger partial charge in [0.2, 0.25) is 0 Å². The molecular weight excluding hydrogens is 563 g/mol. The zero-order valence-electron chi connectivity index (χ0n) is 23.3. The fourth-order valence-corrected chi connectivity index (χ4v) is 7.92. The quantitative estimate of drug-likeness (QED) is 0.199. The van der Waals surface area contributed by atoms with E-state index in [2.05, 4.69) is 48.6 Å². The SMILES string of the molecule is CCCc1sc(NC(=O)c2ccc(S(=O)(=O)N3CCCc4ccccc43)cc2)nc1-c1ccc(-c2ccccc2)cc1. The summed E-state index contributed by atoms with van der Waals surface area (Å²) in [5, 5.41) is 3.45. The molecule has 1 aliphatic rings. The smallest absolute Gasteiger partial charge is 0.264 e. The molecule has 1 aliphatic heterocycles. The van der Waals surface area contributed by atoms with Crippen molar-refractivity contribution in [3.63, 3.8) is 0 Å². The van der Waals surface area contributed by atoms with E-state index in [-0.39, 0.29) is 10.8 Å². The lowest BCUT2D eigenvalue weighted by atomic mass is 10.0. The van der Waals surface area contributed by atoms with Gasteiger partial charge in [0.15, 0.2) is 5.13 Å². The fraction of sp³-hybridized carbons (Fsp3) is 0.176. The molecule has 5 aromatic rings. The molecule has 42 heavy (non-hydrogen) atoms. The minimum atomic E-state index is -3.75. The van der Waals surface area contributed by atoms with Crippen molar-refractivity contribution >= 4 is 38.1 Å². The molecule has 0 aliphatic carbocycles. The van der Waals surface area contributed by atoms with Gasteiger partial charge in [0.1, 0.15) is 0 Å². The molecule has 4 aromatic carbocycles. The number of carbonyl (C=O) groups excluding carboxylic acids is 1. The minimum Gasteiger partial charge on any atom is -0.298 e. The summed E-state index contributed by atoms with van der Waals surface area (Å²) in [4.78, 5) is 19.2. The molecular formula is C34H31N3O3S2. The Morgan fingerprint density at radius 2 is 1.52 bits per heavy atom. The molecule has 0 atom stereocenters. The van der Waals surface area contributed by atoms with Crippen LogP contribution in [0.5, 0.6) is 0 Å². The van der Waals surface area contributed by atoms with Gasteiger partial charge in [0.25, 0.3) is 15.9 Å². The van der Waals surface area contributed by atoms with Gasteiger partial charge in [-0.2, -0.15) is 0 Å². The zero-order chi connectivity index (χ0) is 29.1. The van der Waals surface area contributed by atoms with Gasteiger partial charge in [-0.05, 0) is 66.3 Å². The van der Waals surface area contributed by atoms with Crippen LogP contribution in [-0.4, -0.2) is 25.9 Å². The molecule has 212 valence electrons. The first-order chi connectivity index (χ1) is 20.4. The van der Waals surface area contributed by atoms with Crippen LogP contribution in [0.4, 0.5) is 10.8 Å². The van der Waals surface area contributed by atoms with Crippen molar-refractivity contribution in [3.05, 3.63) is 119 Å². The molecule has 0 saturated carbocycles. The van der Waals surface area contributed by atoms with Crippen LogP contribution in [0.2, 0.25) is 0 Å². The highest BCUT2D eigenvalue weighted by molar-refractivity contribution is 7.92. The maximum absolute atomic E-state index is 13.5. The van der Waals surface area contributed by atoms with Gasteiger partial charge in [0, 0.05) is 22.5 Å². The van der Waals surface area contributed by atoms with Crippen molar-refractivity contribution in [1.82, 2.24) is 4.98 Å². The number of hydrogen-bond donors (Lipinski definition) is 1. The predicted octanol–water partition coefficient (Wildman–Crippen LogP) is 7.82. The van der Waals surface area contributed by atoms with Crippen LogP contribution >= 0.6 is 11.3 Å². The molecule has 0 unspecified atom stereocenters. The van der Waals surface area contributed by atoms with Crippen molar-refractivity contribution in [1.29, 1.82) is 0 Å². The van der Waals surface area contributed by atoms with E-state index in [1.165, 1.54) is 27.8 Å². The van der Waals surface area contributed by atoms with E-state index in [1.807, 2.05) is 42.5 Å². The van der Waals surface area contributed by atoms with E-state index in [0.29, 0.717) is 17.2 Å². The topological polar surface area (TPSA) is 79.4 Å². The summed E-state index contributed by atoms with van der Waals surface area (Å²) in [6, 6.07) is 32.3. The first-order valence-corrected chi connectivity index (χ1v) is 16.4. The number of hydrogen-bond acceptors (Lipinski definition) is 5. The van der Waals surface area contributed by atoms with Crippen molar-refractivity contribution < 1.29 is 13.2 Å². The number of aromatic nitrogens is 1. The highest BCUT2D eigenvalue weighted by Crippen LogP contribution is 2.34. The Balaban J connectivity index is 1.20. The first kappa shape index (κ1) is 27.9. The summed E-state index contributed by atoms with van der Waals surface area (Å²) in [5.41, 5.74) is 6.29. The van der Waals surface area contributed by atoms with Crippen LogP contribution in [0.25, 0.3) is 22.4 Å². The fourth-order valence-electron chi connectivity index (χ4n) is 5.30. The number of benzene rings is 4. The number of rotatable bonds is 8. The van der Waals surface area contributed by atoms with Gasteiger partial charge in [-0.3, -0.25) is 14.4 Å². The Morgan fingerprint density at radius 1 is 0.857 bits per heavy atom. The first-order valence-electron chi connectivity index (χ1n) is 14.1. The molecule has 0 radical (unpaired) electrons. The van der Waals surface area contributed by atoms with Crippen LogP contribution in [0, 0.1) is 0 Å². The van der Waals surface area contributed by atoms with Crippen LogP contribution in [0.1, 0.15) is 40.6 Å². The number of anilines is 2. The molecule has 8 heteroatoms. The van der Waals surface area contributed by atoms with Crippen LogP contribution < -0.4 is 9.62 Å². The molecule has 6 nitrogen and oxygen atoms in total. The zero-order valence-corrected chi connectivity index (χ0v) is 24.9. The van der Waals surface area contributed by atoms with E-state index in [9.17, 15) is 13.2 Å². The standard InChI is InChI=1S/C34H31N3O3S2/c1-2-9-31-32(27-17-15-25(16-18-27)24-10-4-3-5-11-24)35-34(41-31)36-33(38)28-19-21-29(22-20-28)42(39,40)37-23-8-13-26-12-6-7-14-30(26)37/h3-7,10-12,14-22H,2,8-9,13,23H2,1H3,(H,35,36,38). The number of aryl methyl sites for hydroxylation is 2. The number of para-hydroxylation sites is 1. The highest BCUT2D eigenvalue weighted by Gasteiger charge is 2.29. The molecule has 0 fully saturated rings. The molecule has 0 bridgehead atoms. The van der Waals surface area contributed by atoms with E-state index < -0.39 is 10.0 Å². The van der Waals surface area contributed by atoms with E-state index in [1.54, 1.807) is 12.1 Å². The number of fused-ring (bicyclic) bond motifs is 1. The molecule has 0 saturated heterocycles. The normalized spacial score (nSPS) is 13.0. The predicted molar refractivity (Wildman–Crippen MR) is 171 cm³/mol.